The second-order valence-electron chi connectivity index (χ2n) is 5.10. The molecular weight excluding hydrogens is 271 g/mol. The number of anilines is 1. The summed E-state index contributed by atoms with van der Waals surface area (Å²) < 4.78 is 12.9. The van der Waals surface area contributed by atoms with Crippen molar-refractivity contribution in [3.05, 3.63) is 48.0 Å². The monoisotopic (exact) mass is 288 g/mol. The van der Waals surface area contributed by atoms with Crippen LogP contribution in [0.25, 0.3) is 0 Å². The molecule has 1 aromatic heterocycles. The molecule has 0 bridgehead atoms. The highest BCUT2D eigenvalue weighted by molar-refractivity contribution is 5.78. The van der Waals surface area contributed by atoms with Crippen LogP contribution in [0.15, 0.2) is 36.5 Å². The van der Waals surface area contributed by atoms with Crippen LogP contribution in [0.4, 0.5) is 10.1 Å². The van der Waals surface area contributed by atoms with Crippen LogP contribution in [0, 0.1) is 5.82 Å². The third-order valence-corrected chi connectivity index (χ3v) is 3.72. The SMILES string of the molecule is O=C(Cc1ccn[nH]1)N1CCN(c2ccc(F)cc2)CC1. The Bertz CT molecular complexity index is 589. The molecule has 0 spiro atoms. The van der Waals surface area contributed by atoms with Gasteiger partial charge in [0.2, 0.25) is 5.91 Å². The van der Waals surface area contributed by atoms with Crippen molar-refractivity contribution in [2.75, 3.05) is 31.1 Å². The third-order valence-electron chi connectivity index (χ3n) is 3.72. The Balaban J connectivity index is 1.55. The second-order valence-corrected chi connectivity index (χ2v) is 5.10. The number of aromatic nitrogens is 2. The minimum absolute atomic E-state index is 0.109. The Morgan fingerprint density at radius 2 is 1.86 bits per heavy atom. The molecule has 0 saturated carbocycles. The Labute approximate surface area is 122 Å². The van der Waals surface area contributed by atoms with Crippen LogP contribution < -0.4 is 4.90 Å². The predicted octanol–water partition coefficient (Wildman–Crippen LogP) is 1.44. The highest BCUT2D eigenvalue weighted by Gasteiger charge is 2.21. The van der Waals surface area contributed by atoms with Gasteiger partial charge in [-0.1, -0.05) is 0 Å². The molecule has 21 heavy (non-hydrogen) atoms. The van der Waals surface area contributed by atoms with Gasteiger partial charge in [-0.25, -0.2) is 4.39 Å². The van der Waals surface area contributed by atoms with Crippen molar-refractivity contribution in [3.63, 3.8) is 0 Å². The molecule has 2 aromatic rings. The zero-order valence-electron chi connectivity index (χ0n) is 11.6. The average molecular weight is 288 g/mol. The topological polar surface area (TPSA) is 52.2 Å². The normalized spacial score (nSPS) is 15.3. The summed E-state index contributed by atoms with van der Waals surface area (Å²) in [7, 11) is 0. The first-order valence-electron chi connectivity index (χ1n) is 6.99. The number of nitrogens with zero attached hydrogens (tertiary/aromatic N) is 3. The molecule has 5 nitrogen and oxygen atoms in total. The number of carbonyl (C=O) groups excluding carboxylic acids is 1. The van der Waals surface area contributed by atoms with E-state index >= 15 is 0 Å². The van der Waals surface area contributed by atoms with Gasteiger partial charge < -0.3 is 9.80 Å². The molecule has 2 heterocycles. The van der Waals surface area contributed by atoms with E-state index in [1.165, 1.54) is 12.1 Å². The van der Waals surface area contributed by atoms with Crippen molar-refractivity contribution in [2.45, 2.75) is 6.42 Å². The maximum absolute atomic E-state index is 12.9. The van der Waals surface area contributed by atoms with Crippen molar-refractivity contribution in [1.82, 2.24) is 15.1 Å². The zero-order chi connectivity index (χ0) is 14.7. The van der Waals surface area contributed by atoms with Crippen LogP contribution in [0.1, 0.15) is 5.69 Å². The van der Waals surface area contributed by atoms with Crippen molar-refractivity contribution in [3.8, 4) is 0 Å². The van der Waals surface area contributed by atoms with Gasteiger partial charge in [0.15, 0.2) is 0 Å². The fourth-order valence-corrected chi connectivity index (χ4v) is 2.52. The number of hydrogen-bond acceptors (Lipinski definition) is 3. The first-order valence-corrected chi connectivity index (χ1v) is 6.99. The van der Waals surface area contributed by atoms with Gasteiger partial charge in [-0.15, -0.1) is 0 Å². The summed E-state index contributed by atoms with van der Waals surface area (Å²) in [5, 5.41) is 6.65. The molecule has 1 aliphatic heterocycles. The summed E-state index contributed by atoms with van der Waals surface area (Å²) in [6.07, 6.45) is 2.01. The lowest BCUT2D eigenvalue weighted by Gasteiger charge is -2.36. The number of halogens is 1. The second kappa shape index (κ2) is 5.95. The molecule has 1 saturated heterocycles. The van der Waals surface area contributed by atoms with E-state index in [4.69, 9.17) is 0 Å². The van der Waals surface area contributed by atoms with E-state index in [0.717, 1.165) is 24.5 Å². The number of benzene rings is 1. The van der Waals surface area contributed by atoms with Gasteiger partial charge in [0, 0.05) is 43.8 Å². The Hall–Kier alpha value is -2.37. The number of piperazine rings is 1. The number of nitrogens with one attached hydrogen (secondary N) is 1. The molecule has 1 fully saturated rings. The van der Waals surface area contributed by atoms with Gasteiger partial charge in [-0.2, -0.15) is 5.10 Å². The summed E-state index contributed by atoms with van der Waals surface area (Å²) in [6, 6.07) is 8.29. The maximum Gasteiger partial charge on any atom is 0.228 e. The fraction of sp³-hybridized carbons (Fsp3) is 0.333. The van der Waals surface area contributed by atoms with Gasteiger partial charge in [0.05, 0.1) is 6.42 Å². The van der Waals surface area contributed by atoms with E-state index in [9.17, 15) is 9.18 Å². The lowest BCUT2D eigenvalue weighted by molar-refractivity contribution is -0.130. The number of hydrogen-bond donors (Lipinski definition) is 1. The molecular formula is C15H17FN4O. The molecule has 1 N–H and O–H groups in total. The fourth-order valence-electron chi connectivity index (χ4n) is 2.52. The minimum Gasteiger partial charge on any atom is -0.368 e. The molecule has 1 aromatic carbocycles. The van der Waals surface area contributed by atoms with Crippen molar-refractivity contribution >= 4 is 11.6 Å². The van der Waals surface area contributed by atoms with Crippen LogP contribution in [-0.4, -0.2) is 47.2 Å². The van der Waals surface area contributed by atoms with Crippen molar-refractivity contribution in [1.29, 1.82) is 0 Å². The van der Waals surface area contributed by atoms with Crippen LogP contribution >= 0.6 is 0 Å². The number of amides is 1. The summed E-state index contributed by atoms with van der Waals surface area (Å²) in [5.74, 6) is -0.120. The first-order chi connectivity index (χ1) is 10.2. The van der Waals surface area contributed by atoms with Gasteiger partial charge in [-0.3, -0.25) is 9.89 Å². The Kier molecular flexibility index (Phi) is 3.85. The summed E-state index contributed by atoms with van der Waals surface area (Å²) in [6.45, 7) is 2.90. The summed E-state index contributed by atoms with van der Waals surface area (Å²) in [4.78, 5) is 16.2. The zero-order valence-corrected chi connectivity index (χ0v) is 11.6. The largest absolute Gasteiger partial charge is 0.368 e. The van der Waals surface area contributed by atoms with E-state index in [-0.39, 0.29) is 11.7 Å². The Morgan fingerprint density at radius 3 is 2.48 bits per heavy atom. The Morgan fingerprint density at radius 1 is 1.14 bits per heavy atom. The van der Waals surface area contributed by atoms with E-state index in [2.05, 4.69) is 15.1 Å². The van der Waals surface area contributed by atoms with Gasteiger partial charge >= 0.3 is 0 Å². The summed E-state index contributed by atoms with van der Waals surface area (Å²) in [5.41, 5.74) is 1.83. The molecule has 6 heteroatoms. The molecule has 3 rings (SSSR count). The molecule has 110 valence electrons. The number of aromatic amines is 1. The summed E-state index contributed by atoms with van der Waals surface area (Å²) >= 11 is 0. The molecule has 0 atom stereocenters. The van der Waals surface area contributed by atoms with Crippen LogP contribution in [0.5, 0.6) is 0 Å². The number of H-pyrrole nitrogens is 1. The van der Waals surface area contributed by atoms with Crippen LogP contribution in [0.3, 0.4) is 0 Å². The number of carbonyl (C=O) groups is 1. The van der Waals surface area contributed by atoms with Gasteiger partial charge in [-0.05, 0) is 30.3 Å². The highest BCUT2D eigenvalue weighted by Crippen LogP contribution is 2.17. The van der Waals surface area contributed by atoms with E-state index < -0.39 is 0 Å². The minimum atomic E-state index is -0.230. The van der Waals surface area contributed by atoms with Crippen molar-refractivity contribution in [2.24, 2.45) is 0 Å². The number of rotatable bonds is 3. The standard InChI is InChI=1S/C15H17FN4O/c16-12-1-3-14(4-2-12)19-7-9-20(10-8-19)15(21)11-13-5-6-17-18-13/h1-6H,7-11H2,(H,17,18). The van der Waals surface area contributed by atoms with Crippen LogP contribution in [-0.2, 0) is 11.2 Å². The van der Waals surface area contributed by atoms with E-state index in [1.54, 1.807) is 18.3 Å². The molecule has 0 radical (unpaired) electrons. The van der Waals surface area contributed by atoms with Gasteiger partial charge in [0.25, 0.3) is 0 Å². The lowest BCUT2D eigenvalue weighted by Crippen LogP contribution is -2.49. The van der Waals surface area contributed by atoms with Crippen molar-refractivity contribution < 1.29 is 9.18 Å². The smallest absolute Gasteiger partial charge is 0.228 e. The highest BCUT2D eigenvalue weighted by atomic mass is 19.1. The van der Waals surface area contributed by atoms with Gasteiger partial charge in [0.1, 0.15) is 5.82 Å². The molecule has 1 amide bonds. The molecule has 1 aliphatic rings. The molecule has 0 unspecified atom stereocenters. The average Bonchev–Trinajstić information content (AvgIpc) is 3.01. The molecule has 0 aliphatic carbocycles. The van der Waals surface area contributed by atoms with E-state index in [1.807, 2.05) is 11.0 Å². The lowest BCUT2D eigenvalue weighted by atomic mass is 10.2. The first kappa shape index (κ1) is 13.6. The van der Waals surface area contributed by atoms with E-state index in [0.29, 0.717) is 19.5 Å². The maximum atomic E-state index is 12.9. The predicted molar refractivity (Wildman–Crippen MR) is 77.5 cm³/mol. The quantitative estimate of drug-likeness (QED) is 0.930. The van der Waals surface area contributed by atoms with Crippen LogP contribution in [0.2, 0.25) is 0 Å². The third kappa shape index (κ3) is 3.21.